The number of hydrogen-bond acceptors (Lipinski definition) is 3. The normalized spacial score (nSPS) is 28.3. The maximum atomic E-state index is 12.6. The van der Waals surface area contributed by atoms with Gasteiger partial charge < -0.3 is 14.1 Å². The lowest BCUT2D eigenvalue weighted by atomic mass is 10.0. The summed E-state index contributed by atoms with van der Waals surface area (Å²) in [6.45, 7) is 18.6. The average Bonchev–Trinajstić information content (AvgIpc) is 3.09. The van der Waals surface area contributed by atoms with Gasteiger partial charge in [0, 0.05) is 6.54 Å². The highest BCUT2D eigenvalue weighted by atomic mass is 28.4. The number of carbonyl (C=O) groups is 1. The SMILES string of the molecule is CC(C)(C)OC(=O)N1CC2CC2CC1CO[Si](C)(C)C(C)(C)C. The molecule has 4 nitrogen and oxygen atoms in total. The molecule has 0 aromatic rings. The van der Waals surface area contributed by atoms with Crippen LogP contribution in [0.1, 0.15) is 54.4 Å². The Hall–Kier alpha value is -0.553. The van der Waals surface area contributed by atoms with Crippen LogP contribution in [0.3, 0.4) is 0 Å². The molecule has 3 unspecified atom stereocenters. The smallest absolute Gasteiger partial charge is 0.410 e. The van der Waals surface area contributed by atoms with E-state index in [0.717, 1.165) is 18.9 Å². The van der Waals surface area contributed by atoms with Crippen molar-refractivity contribution in [1.82, 2.24) is 4.90 Å². The number of carbonyl (C=O) groups excluding carboxylic acids is 1. The minimum atomic E-state index is -1.79. The zero-order chi connectivity index (χ0) is 17.6. The number of amides is 1. The van der Waals surface area contributed by atoms with Crippen molar-refractivity contribution in [2.75, 3.05) is 13.2 Å². The predicted octanol–water partition coefficient (Wildman–Crippen LogP) is 4.65. The third kappa shape index (κ3) is 4.72. The minimum Gasteiger partial charge on any atom is -0.444 e. The molecule has 1 heterocycles. The molecule has 0 spiro atoms. The zero-order valence-corrected chi connectivity index (χ0v) is 17.2. The molecule has 134 valence electrons. The third-order valence-corrected chi connectivity index (χ3v) is 10.1. The van der Waals surface area contributed by atoms with E-state index in [4.69, 9.17) is 9.16 Å². The fraction of sp³-hybridized carbons (Fsp3) is 0.944. The van der Waals surface area contributed by atoms with Gasteiger partial charge in [-0.15, -0.1) is 0 Å². The monoisotopic (exact) mass is 341 g/mol. The zero-order valence-electron chi connectivity index (χ0n) is 16.2. The van der Waals surface area contributed by atoms with Gasteiger partial charge in [-0.05, 0) is 63.6 Å². The van der Waals surface area contributed by atoms with Crippen LogP contribution in [0.5, 0.6) is 0 Å². The number of rotatable bonds is 3. The molecule has 1 amide bonds. The summed E-state index contributed by atoms with van der Waals surface area (Å²) in [6.07, 6.45) is 2.15. The lowest BCUT2D eigenvalue weighted by Gasteiger charge is -2.41. The highest BCUT2D eigenvalue weighted by Gasteiger charge is 2.48. The Bertz CT molecular complexity index is 450. The van der Waals surface area contributed by atoms with E-state index in [1.807, 2.05) is 25.7 Å². The van der Waals surface area contributed by atoms with Crippen LogP contribution in [0.4, 0.5) is 4.79 Å². The maximum Gasteiger partial charge on any atom is 0.410 e. The molecule has 0 radical (unpaired) electrons. The predicted molar refractivity (Wildman–Crippen MR) is 96.1 cm³/mol. The molecule has 5 heteroatoms. The van der Waals surface area contributed by atoms with Gasteiger partial charge in [0.1, 0.15) is 5.60 Å². The number of fused-ring (bicyclic) bond motifs is 1. The summed E-state index contributed by atoms with van der Waals surface area (Å²) in [6, 6.07) is 0.169. The van der Waals surface area contributed by atoms with Gasteiger partial charge >= 0.3 is 6.09 Å². The summed E-state index contributed by atoms with van der Waals surface area (Å²) in [5.41, 5.74) is -0.442. The molecule has 23 heavy (non-hydrogen) atoms. The van der Waals surface area contributed by atoms with Gasteiger partial charge in [0.15, 0.2) is 8.32 Å². The van der Waals surface area contributed by atoms with Gasteiger partial charge in [-0.3, -0.25) is 0 Å². The van der Waals surface area contributed by atoms with Gasteiger partial charge in [0.05, 0.1) is 12.6 Å². The number of piperidine rings is 1. The number of ether oxygens (including phenoxy) is 1. The van der Waals surface area contributed by atoms with Crippen LogP contribution >= 0.6 is 0 Å². The van der Waals surface area contributed by atoms with Crippen molar-refractivity contribution in [1.29, 1.82) is 0 Å². The second-order valence-electron chi connectivity index (χ2n) is 9.85. The fourth-order valence-electron chi connectivity index (χ4n) is 2.92. The van der Waals surface area contributed by atoms with Gasteiger partial charge in [-0.2, -0.15) is 0 Å². The van der Waals surface area contributed by atoms with Crippen LogP contribution in [0.15, 0.2) is 0 Å². The van der Waals surface area contributed by atoms with Crippen LogP contribution in [0.2, 0.25) is 18.1 Å². The summed E-state index contributed by atoms with van der Waals surface area (Å²) in [4.78, 5) is 14.5. The molecule has 2 fully saturated rings. The summed E-state index contributed by atoms with van der Waals surface area (Å²) >= 11 is 0. The quantitative estimate of drug-likeness (QED) is 0.701. The van der Waals surface area contributed by atoms with Crippen molar-refractivity contribution in [3.63, 3.8) is 0 Å². The molecule has 0 N–H and O–H groups in total. The molecule has 3 atom stereocenters. The first-order valence-corrected chi connectivity index (χ1v) is 11.8. The number of likely N-dealkylation sites (tertiary alicyclic amines) is 1. The van der Waals surface area contributed by atoms with Crippen LogP contribution in [-0.4, -0.2) is 44.1 Å². The lowest BCUT2D eigenvalue weighted by Crippen LogP contribution is -2.51. The molecule has 1 saturated carbocycles. The van der Waals surface area contributed by atoms with E-state index in [2.05, 4.69) is 33.9 Å². The van der Waals surface area contributed by atoms with E-state index in [-0.39, 0.29) is 17.2 Å². The maximum absolute atomic E-state index is 12.6. The molecule has 0 bridgehead atoms. The second kappa shape index (κ2) is 6.07. The minimum absolute atomic E-state index is 0.169. The Morgan fingerprint density at radius 3 is 2.22 bits per heavy atom. The first-order valence-electron chi connectivity index (χ1n) is 8.94. The Morgan fingerprint density at radius 2 is 1.70 bits per heavy atom. The molecular formula is C18H35NO3Si. The first-order chi connectivity index (χ1) is 10.3. The van der Waals surface area contributed by atoms with Crippen molar-refractivity contribution in [2.45, 2.75) is 84.2 Å². The van der Waals surface area contributed by atoms with Crippen molar-refractivity contribution >= 4 is 14.4 Å². The van der Waals surface area contributed by atoms with Gasteiger partial charge in [-0.25, -0.2) is 4.79 Å². The fourth-order valence-corrected chi connectivity index (χ4v) is 3.97. The summed E-state index contributed by atoms with van der Waals surface area (Å²) in [5, 5.41) is 0.195. The largest absolute Gasteiger partial charge is 0.444 e. The van der Waals surface area contributed by atoms with Gasteiger partial charge in [0.25, 0.3) is 0 Å². The van der Waals surface area contributed by atoms with E-state index >= 15 is 0 Å². The Morgan fingerprint density at radius 1 is 1.09 bits per heavy atom. The molecular weight excluding hydrogens is 306 g/mol. The van der Waals surface area contributed by atoms with Crippen molar-refractivity contribution in [2.24, 2.45) is 11.8 Å². The van der Waals surface area contributed by atoms with E-state index in [0.29, 0.717) is 12.5 Å². The molecule has 1 aliphatic heterocycles. The number of hydrogen-bond donors (Lipinski definition) is 0. The van der Waals surface area contributed by atoms with Crippen LogP contribution in [0.25, 0.3) is 0 Å². The third-order valence-electron chi connectivity index (χ3n) is 5.59. The number of nitrogens with zero attached hydrogens (tertiary/aromatic N) is 1. The Kier molecular flexibility index (Phi) is 4.95. The summed E-state index contributed by atoms with van der Waals surface area (Å²) < 4.78 is 12.0. The van der Waals surface area contributed by atoms with Crippen LogP contribution < -0.4 is 0 Å². The van der Waals surface area contributed by atoms with E-state index in [1.165, 1.54) is 6.42 Å². The highest BCUT2D eigenvalue weighted by Crippen LogP contribution is 2.47. The van der Waals surface area contributed by atoms with E-state index in [1.54, 1.807) is 0 Å². The molecule has 1 aliphatic carbocycles. The van der Waals surface area contributed by atoms with Gasteiger partial charge in [0.2, 0.25) is 0 Å². The first kappa shape index (κ1) is 18.8. The molecule has 2 rings (SSSR count). The molecule has 1 saturated heterocycles. The molecule has 0 aromatic heterocycles. The topological polar surface area (TPSA) is 38.8 Å². The van der Waals surface area contributed by atoms with E-state index < -0.39 is 13.9 Å². The van der Waals surface area contributed by atoms with Crippen molar-refractivity contribution in [3.05, 3.63) is 0 Å². The molecule has 2 aliphatic rings. The van der Waals surface area contributed by atoms with Crippen LogP contribution in [0, 0.1) is 11.8 Å². The Labute approximate surface area is 143 Å². The molecule has 0 aromatic carbocycles. The Balaban J connectivity index is 2.01. The standard InChI is InChI=1S/C18H35NO3Si/c1-17(2,3)22-16(20)19-11-14-9-13(14)10-15(19)12-21-23(7,8)18(4,5)6/h13-15H,9-12H2,1-8H3. The van der Waals surface area contributed by atoms with Crippen LogP contribution in [-0.2, 0) is 9.16 Å². The van der Waals surface area contributed by atoms with Gasteiger partial charge in [-0.1, -0.05) is 20.8 Å². The summed E-state index contributed by atoms with van der Waals surface area (Å²) in [5.74, 6) is 1.48. The van der Waals surface area contributed by atoms with E-state index in [9.17, 15) is 4.79 Å². The van der Waals surface area contributed by atoms with Crippen molar-refractivity contribution in [3.8, 4) is 0 Å². The van der Waals surface area contributed by atoms with Crippen molar-refractivity contribution < 1.29 is 14.0 Å². The second-order valence-corrected chi connectivity index (χ2v) is 14.7. The highest BCUT2D eigenvalue weighted by molar-refractivity contribution is 6.74. The average molecular weight is 342 g/mol. The lowest BCUT2D eigenvalue weighted by molar-refractivity contribution is 0.00138. The summed E-state index contributed by atoms with van der Waals surface area (Å²) in [7, 11) is -1.79.